The van der Waals surface area contributed by atoms with Crippen LogP contribution in [-0.4, -0.2) is 46.1 Å². The van der Waals surface area contributed by atoms with E-state index in [9.17, 15) is 9.90 Å². The number of aromatic nitrogens is 1. The van der Waals surface area contributed by atoms with Crippen LogP contribution in [-0.2, 0) is 10.4 Å². The van der Waals surface area contributed by atoms with Crippen LogP contribution in [0.2, 0.25) is 0 Å². The van der Waals surface area contributed by atoms with Crippen molar-refractivity contribution in [2.24, 2.45) is 0 Å². The Balaban J connectivity index is 1.69. The summed E-state index contributed by atoms with van der Waals surface area (Å²) < 4.78 is 0. The largest absolute Gasteiger partial charge is 0.383 e. The molecule has 0 aliphatic carbocycles. The van der Waals surface area contributed by atoms with Crippen molar-refractivity contribution in [1.29, 1.82) is 0 Å². The van der Waals surface area contributed by atoms with E-state index in [4.69, 9.17) is 0 Å². The average Bonchev–Trinajstić information content (AvgIpc) is 2.77. The molecular weight excluding hydrogens is 278 g/mol. The third-order valence-electron chi connectivity index (χ3n) is 4.83. The maximum Gasteiger partial charge on any atom is 0.234 e. The molecule has 0 saturated carbocycles. The second-order valence-electron chi connectivity index (χ2n) is 6.30. The standard InChI is InChI=1S/C17H23N3O2/c1-2-8-19-16(21)12-20-13-6-7-14(20)11-17(22,10-13)15-5-3-4-9-18-15/h2-5,9,13-14,22H,1,6-8,10-12H2,(H,19,21). The Morgan fingerprint density at radius 2 is 2.18 bits per heavy atom. The van der Waals surface area contributed by atoms with Gasteiger partial charge in [0.05, 0.1) is 12.2 Å². The van der Waals surface area contributed by atoms with Crippen LogP contribution < -0.4 is 5.32 Å². The van der Waals surface area contributed by atoms with Gasteiger partial charge in [0.15, 0.2) is 0 Å². The normalized spacial score (nSPS) is 31.0. The van der Waals surface area contributed by atoms with Crippen molar-refractivity contribution >= 4 is 5.91 Å². The molecule has 5 heteroatoms. The molecule has 3 rings (SSSR count). The predicted octanol–water partition coefficient (Wildman–Crippen LogP) is 1.20. The summed E-state index contributed by atoms with van der Waals surface area (Å²) in [7, 11) is 0. The minimum atomic E-state index is -0.860. The number of nitrogens with one attached hydrogen (secondary N) is 1. The molecule has 0 spiro atoms. The first-order chi connectivity index (χ1) is 10.6. The van der Waals surface area contributed by atoms with Gasteiger partial charge in [-0.1, -0.05) is 12.1 Å². The highest BCUT2D eigenvalue weighted by molar-refractivity contribution is 5.78. The average molecular weight is 301 g/mol. The van der Waals surface area contributed by atoms with Crippen molar-refractivity contribution in [3.05, 3.63) is 42.7 Å². The van der Waals surface area contributed by atoms with Crippen molar-refractivity contribution < 1.29 is 9.90 Å². The van der Waals surface area contributed by atoms with Gasteiger partial charge >= 0.3 is 0 Å². The summed E-state index contributed by atoms with van der Waals surface area (Å²) in [6.07, 6.45) is 6.78. The number of rotatable bonds is 5. The topological polar surface area (TPSA) is 65.5 Å². The van der Waals surface area contributed by atoms with Gasteiger partial charge in [0.1, 0.15) is 5.60 Å². The van der Waals surface area contributed by atoms with E-state index in [0.29, 0.717) is 25.9 Å². The van der Waals surface area contributed by atoms with E-state index < -0.39 is 5.60 Å². The van der Waals surface area contributed by atoms with Crippen molar-refractivity contribution in [2.45, 2.75) is 43.4 Å². The highest BCUT2D eigenvalue weighted by Gasteiger charge is 2.49. The van der Waals surface area contributed by atoms with Crippen molar-refractivity contribution in [1.82, 2.24) is 15.2 Å². The molecule has 118 valence electrons. The maximum atomic E-state index is 11.9. The molecule has 5 nitrogen and oxygen atoms in total. The SMILES string of the molecule is C=CCNC(=O)CN1C2CCC1CC(O)(c1ccccn1)C2. The van der Waals surface area contributed by atoms with Crippen molar-refractivity contribution in [2.75, 3.05) is 13.1 Å². The Kier molecular flexibility index (Phi) is 4.27. The number of aliphatic hydroxyl groups is 1. The number of fused-ring (bicyclic) bond motifs is 2. The monoisotopic (exact) mass is 301 g/mol. The van der Waals surface area contributed by atoms with E-state index in [1.807, 2.05) is 18.2 Å². The molecule has 2 N–H and O–H groups in total. The Bertz CT molecular complexity index is 532. The van der Waals surface area contributed by atoms with Gasteiger partial charge in [-0.25, -0.2) is 0 Å². The van der Waals surface area contributed by atoms with Crippen LogP contribution >= 0.6 is 0 Å². The summed E-state index contributed by atoms with van der Waals surface area (Å²) in [6, 6.07) is 6.17. The first kappa shape index (κ1) is 15.2. The summed E-state index contributed by atoms with van der Waals surface area (Å²) in [5.41, 5.74) is -0.107. The third kappa shape index (κ3) is 2.91. The number of nitrogens with zero attached hydrogens (tertiary/aromatic N) is 2. The molecule has 2 bridgehead atoms. The minimum Gasteiger partial charge on any atom is -0.383 e. The number of hydrogen-bond donors (Lipinski definition) is 2. The zero-order valence-electron chi connectivity index (χ0n) is 12.7. The highest BCUT2D eigenvalue weighted by atomic mass is 16.3. The van der Waals surface area contributed by atoms with Crippen LogP contribution in [0.5, 0.6) is 0 Å². The lowest BCUT2D eigenvalue weighted by molar-refractivity contribution is -0.125. The van der Waals surface area contributed by atoms with E-state index in [-0.39, 0.29) is 18.0 Å². The quantitative estimate of drug-likeness (QED) is 0.802. The summed E-state index contributed by atoms with van der Waals surface area (Å²) >= 11 is 0. The molecule has 22 heavy (non-hydrogen) atoms. The number of pyridine rings is 1. The van der Waals surface area contributed by atoms with Gasteiger partial charge in [0.25, 0.3) is 0 Å². The van der Waals surface area contributed by atoms with Crippen molar-refractivity contribution in [3.8, 4) is 0 Å². The number of amides is 1. The van der Waals surface area contributed by atoms with Gasteiger partial charge in [-0.15, -0.1) is 6.58 Å². The summed E-state index contributed by atoms with van der Waals surface area (Å²) in [6.45, 7) is 4.51. The molecule has 2 aliphatic rings. The van der Waals surface area contributed by atoms with E-state index in [1.54, 1.807) is 12.3 Å². The number of hydrogen-bond acceptors (Lipinski definition) is 4. The predicted molar refractivity (Wildman–Crippen MR) is 84.1 cm³/mol. The van der Waals surface area contributed by atoms with Gasteiger partial charge in [0, 0.05) is 24.8 Å². The molecule has 0 radical (unpaired) electrons. The van der Waals surface area contributed by atoms with Crippen LogP contribution in [0.1, 0.15) is 31.4 Å². The Morgan fingerprint density at radius 1 is 1.45 bits per heavy atom. The van der Waals surface area contributed by atoms with E-state index >= 15 is 0 Å². The lowest BCUT2D eigenvalue weighted by Gasteiger charge is -2.43. The molecule has 2 atom stereocenters. The zero-order valence-corrected chi connectivity index (χ0v) is 12.7. The second kappa shape index (κ2) is 6.18. The van der Waals surface area contributed by atoms with Crippen LogP contribution in [0.4, 0.5) is 0 Å². The second-order valence-corrected chi connectivity index (χ2v) is 6.30. The van der Waals surface area contributed by atoms with Crippen LogP contribution in [0.25, 0.3) is 0 Å². The molecule has 1 aromatic heterocycles. The van der Waals surface area contributed by atoms with Gasteiger partial charge in [-0.2, -0.15) is 0 Å². The molecule has 1 amide bonds. The Labute approximate surface area is 131 Å². The molecule has 2 aliphatic heterocycles. The van der Waals surface area contributed by atoms with E-state index in [0.717, 1.165) is 18.5 Å². The lowest BCUT2D eigenvalue weighted by Crippen LogP contribution is -2.52. The molecule has 3 heterocycles. The third-order valence-corrected chi connectivity index (χ3v) is 4.83. The molecule has 1 aromatic rings. The van der Waals surface area contributed by atoms with Crippen LogP contribution in [0.3, 0.4) is 0 Å². The first-order valence-corrected chi connectivity index (χ1v) is 7.89. The summed E-state index contributed by atoms with van der Waals surface area (Å²) in [5.74, 6) is 0.0278. The first-order valence-electron chi connectivity index (χ1n) is 7.89. The van der Waals surface area contributed by atoms with Gasteiger partial charge in [-0.3, -0.25) is 14.7 Å². The van der Waals surface area contributed by atoms with Gasteiger partial charge in [-0.05, 0) is 37.8 Å². The summed E-state index contributed by atoms with van der Waals surface area (Å²) in [5, 5.41) is 13.8. The Morgan fingerprint density at radius 3 is 2.77 bits per heavy atom. The highest BCUT2D eigenvalue weighted by Crippen LogP contribution is 2.44. The lowest BCUT2D eigenvalue weighted by atomic mass is 9.83. The smallest absolute Gasteiger partial charge is 0.234 e. The van der Waals surface area contributed by atoms with Crippen molar-refractivity contribution in [3.63, 3.8) is 0 Å². The molecule has 2 fully saturated rings. The van der Waals surface area contributed by atoms with Gasteiger partial charge in [0.2, 0.25) is 5.91 Å². The Hall–Kier alpha value is -1.72. The zero-order chi connectivity index (χ0) is 15.6. The molecule has 2 unspecified atom stereocenters. The van der Waals surface area contributed by atoms with Gasteiger partial charge < -0.3 is 10.4 Å². The number of piperidine rings is 1. The fraction of sp³-hybridized carbons (Fsp3) is 0.529. The van der Waals surface area contributed by atoms with Crippen LogP contribution in [0, 0.1) is 0 Å². The summed E-state index contributed by atoms with van der Waals surface area (Å²) in [4.78, 5) is 18.5. The molecular formula is C17H23N3O2. The maximum absolute atomic E-state index is 11.9. The van der Waals surface area contributed by atoms with E-state index in [2.05, 4.69) is 21.8 Å². The van der Waals surface area contributed by atoms with E-state index in [1.165, 1.54) is 0 Å². The fourth-order valence-electron chi connectivity index (χ4n) is 3.83. The minimum absolute atomic E-state index is 0.0278. The fourth-order valence-corrected chi connectivity index (χ4v) is 3.83. The molecule has 2 saturated heterocycles. The molecule has 0 aromatic carbocycles. The number of carbonyl (C=O) groups is 1. The van der Waals surface area contributed by atoms with Crippen LogP contribution in [0.15, 0.2) is 37.1 Å². The number of carbonyl (C=O) groups excluding carboxylic acids is 1.